The molecular weight excluding hydrogens is 358 g/mol. The van der Waals surface area contributed by atoms with E-state index in [1.54, 1.807) is 12.3 Å². The van der Waals surface area contributed by atoms with Crippen LogP contribution in [-0.2, 0) is 6.61 Å². The molecule has 0 bridgehead atoms. The van der Waals surface area contributed by atoms with Gasteiger partial charge in [-0.3, -0.25) is 0 Å². The molecule has 1 aromatic carbocycles. The third kappa shape index (κ3) is 4.68. The Labute approximate surface area is 163 Å². The van der Waals surface area contributed by atoms with Gasteiger partial charge in [0, 0.05) is 17.8 Å². The fraction of sp³-hybridized carbons (Fsp3) is 0.286. The summed E-state index contributed by atoms with van der Waals surface area (Å²) in [5.74, 6) is 1.03. The standard InChI is InChI=1S/C21H23N3O4/c1-14(2)12-27-18-10-15(3)4-5-17(18)13-28-20-7-9-23-24(20)19-11-16(21(25)26)6-8-22-19/h4-11,14H,12-13H2,1-3H3,(H,25,26). The lowest BCUT2D eigenvalue weighted by Crippen LogP contribution is -2.09. The number of aryl methyl sites for hydroxylation is 1. The second kappa shape index (κ2) is 8.56. The van der Waals surface area contributed by atoms with Gasteiger partial charge in [0.1, 0.15) is 12.4 Å². The van der Waals surface area contributed by atoms with Crippen LogP contribution in [0, 0.1) is 12.8 Å². The summed E-state index contributed by atoms with van der Waals surface area (Å²) in [5, 5.41) is 13.4. The summed E-state index contributed by atoms with van der Waals surface area (Å²) in [7, 11) is 0. The molecule has 3 rings (SSSR count). The molecule has 0 unspecified atom stereocenters. The van der Waals surface area contributed by atoms with Crippen LogP contribution in [0.1, 0.15) is 35.3 Å². The van der Waals surface area contributed by atoms with Gasteiger partial charge in [0.05, 0.1) is 18.4 Å². The Bertz CT molecular complexity index is 966. The number of carboxylic acids is 1. The van der Waals surface area contributed by atoms with Crippen molar-refractivity contribution in [1.29, 1.82) is 0 Å². The van der Waals surface area contributed by atoms with E-state index in [-0.39, 0.29) is 12.2 Å². The van der Waals surface area contributed by atoms with Crippen molar-refractivity contribution in [3.05, 3.63) is 65.5 Å². The molecule has 1 N–H and O–H groups in total. The average molecular weight is 381 g/mol. The van der Waals surface area contributed by atoms with Crippen molar-refractivity contribution >= 4 is 5.97 Å². The number of nitrogens with zero attached hydrogens (tertiary/aromatic N) is 3. The van der Waals surface area contributed by atoms with Crippen LogP contribution >= 0.6 is 0 Å². The summed E-state index contributed by atoms with van der Waals surface area (Å²) in [6, 6.07) is 10.6. The Morgan fingerprint density at radius 1 is 1.14 bits per heavy atom. The monoisotopic (exact) mass is 381 g/mol. The minimum Gasteiger partial charge on any atom is -0.493 e. The molecule has 0 fully saturated rings. The van der Waals surface area contributed by atoms with Crippen LogP contribution in [0.25, 0.3) is 5.82 Å². The summed E-state index contributed by atoms with van der Waals surface area (Å²) >= 11 is 0. The molecule has 0 saturated carbocycles. The van der Waals surface area contributed by atoms with Gasteiger partial charge >= 0.3 is 5.97 Å². The molecule has 0 aliphatic heterocycles. The molecular formula is C21H23N3O4. The first-order chi connectivity index (χ1) is 13.4. The quantitative estimate of drug-likeness (QED) is 0.637. The first kappa shape index (κ1) is 19.4. The Hall–Kier alpha value is -3.35. The molecule has 0 spiro atoms. The van der Waals surface area contributed by atoms with E-state index < -0.39 is 5.97 Å². The number of carboxylic acid groups (broad SMARTS) is 1. The molecule has 0 saturated heterocycles. The summed E-state index contributed by atoms with van der Waals surface area (Å²) < 4.78 is 13.3. The third-order valence-electron chi connectivity index (χ3n) is 3.99. The van der Waals surface area contributed by atoms with E-state index in [1.807, 2.05) is 25.1 Å². The second-order valence-corrected chi connectivity index (χ2v) is 6.89. The topological polar surface area (TPSA) is 86.5 Å². The lowest BCUT2D eigenvalue weighted by atomic mass is 10.1. The normalized spacial score (nSPS) is 10.9. The van der Waals surface area contributed by atoms with Crippen LogP contribution in [0.2, 0.25) is 0 Å². The Morgan fingerprint density at radius 2 is 1.96 bits per heavy atom. The molecule has 2 aromatic heterocycles. The third-order valence-corrected chi connectivity index (χ3v) is 3.99. The maximum absolute atomic E-state index is 11.2. The summed E-state index contributed by atoms with van der Waals surface area (Å²) in [6.45, 7) is 7.13. The van der Waals surface area contributed by atoms with Gasteiger partial charge in [0.15, 0.2) is 5.82 Å². The number of benzene rings is 1. The molecule has 28 heavy (non-hydrogen) atoms. The number of ether oxygens (including phenoxy) is 2. The van der Waals surface area contributed by atoms with Crippen molar-refractivity contribution in [1.82, 2.24) is 14.8 Å². The Balaban J connectivity index is 1.79. The lowest BCUT2D eigenvalue weighted by Gasteiger charge is -2.15. The first-order valence-corrected chi connectivity index (χ1v) is 9.03. The zero-order valence-electron chi connectivity index (χ0n) is 16.1. The van der Waals surface area contributed by atoms with Crippen molar-refractivity contribution in [2.45, 2.75) is 27.4 Å². The van der Waals surface area contributed by atoms with E-state index in [0.717, 1.165) is 16.9 Å². The molecule has 0 amide bonds. The van der Waals surface area contributed by atoms with Crippen molar-refractivity contribution in [2.75, 3.05) is 6.61 Å². The Morgan fingerprint density at radius 3 is 2.71 bits per heavy atom. The Kier molecular flexibility index (Phi) is 5.93. The van der Waals surface area contributed by atoms with Gasteiger partial charge in [0.2, 0.25) is 5.88 Å². The van der Waals surface area contributed by atoms with Gasteiger partial charge in [-0.05, 0) is 36.6 Å². The van der Waals surface area contributed by atoms with E-state index in [9.17, 15) is 4.79 Å². The number of aromatic carboxylic acids is 1. The van der Waals surface area contributed by atoms with Crippen molar-refractivity contribution in [3.63, 3.8) is 0 Å². The summed E-state index contributed by atoms with van der Waals surface area (Å²) in [4.78, 5) is 15.4. The van der Waals surface area contributed by atoms with Gasteiger partial charge in [0.25, 0.3) is 0 Å². The molecule has 2 heterocycles. The van der Waals surface area contributed by atoms with E-state index >= 15 is 0 Å². The van der Waals surface area contributed by atoms with Gasteiger partial charge in [-0.2, -0.15) is 9.78 Å². The fourth-order valence-corrected chi connectivity index (χ4v) is 2.56. The first-order valence-electron chi connectivity index (χ1n) is 9.03. The second-order valence-electron chi connectivity index (χ2n) is 6.89. The molecule has 146 valence electrons. The summed E-state index contributed by atoms with van der Waals surface area (Å²) in [6.07, 6.45) is 3.01. The molecule has 0 radical (unpaired) electrons. The lowest BCUT2D eigenvalue weighted by molar-refractivity contribution is 0.0696. The van der Waals surface area contributed by atoms with Crippen LogP contribution in [-0.4, -0.2) is 32.4 Å². The van der Waals surface area contributed by atoms with Crippen molar-refractivity contribution in [2.24, 2.45) is 5.92 Å². The maximum Gasteiger partial charge on any atom is 0.335 e. The zero-order valence-corrected chi connectivity index (χ0v) is 16.1. The van der Waals surface area contributed by atoms with E-state index in [2.05, 4.69) is 23.9 Å². The number of hydrogen-bond donors (Lipinski definition) is 1. The van der Waals surface area contributed by atoms with Crippen LogP contribution in [0.15, 0.2) is 48.8 Å². The predicted octanol–water partition coefficient (Wildman–Crippen LogP) is 3.89. The molecule has 0 aliphatic rings. The van der Waals surface area contributed by atoms with Gasteiger partial charge in [-0.25, -0.2) is 9.78 Å². The average Bonchev–Trinajstić information content (AvgIpc) is 3.14. The number of pyridine rings is 1. The highest BCUT2D eigenvalue weighted by Crippen LogP contribution is 2.24. The van der Waals surface area contributed by atoms with Crippen LogP contribution in [0.3, 0.4) is 0 Å². The number of carbonyl (C=O) groups is 1. The number of aromatic nitrogens is 3. The molecule has 0 aliphatic carbocycles. The number of rotatable bonds is 8. The molecule has 7 nitrogen and oxygen atoms in total. The predicted molar refractivity (Wildman–Crippen MR) is 104 cm³/mol. The molecule has 0 atom stereocenters. The zero-order chi connectivity index (χ0) is 20.1. The van der Waals surface area contributed by atoms with Gasteiger partial charge < -0.3 is 14.6 Å². The minimum atomic E-state index is -1.02. The van der Waals surface area contributed by atoms with Crippen LogP contribution in [0.5, 0.6) is 11.6 Å². The highest BCUT2D eigenvalue weighted by atomic mass is 16.5. The minimum absolute atomic E-state index is 0.134. The van der Waals surface area contributed by atoms with Gasteiger partial charge in [-0.15, -0.1) is 0 Å². The molecule has 3 aromatic rings. The maximum atomic E-state index is 11.2. The van der Waals surface area contributed by atoms with E-state index in [1.165, 1.54) is 23.0 Å². The molecule has 7 heteroatoms. The van der Waals surface area contributed by atoms with Crippen molar-refractivity contribution in [3.8, 4) is 17.4 Å². The SMILES string of the molecule is Cc1ccc(COc2ccnn2-c2cc(C(=O)O)ccn2)c(OCC(C)C)c1. The smallest absolute Gasteiger partial charge is 0.335 e. The van der Waals surface area contributed by atoms with Crippen LogP contribution < -0.4 is 9.47 Å². The van der Waals surface area contributed by atoms with Crippen molar-refractivity contribution < 1.29 is 19.4 Å². The van der Waals surface area contributed by atoms with E-state index in [0.29, 0.717) is 24.2 Å². The highest BCUT2D eigenvalue weighted by Gasteiger charge is 2.12. The highest BCUT2D eigenvalue weighted by molar-refractivity contribution is 5.87. The van der Waals surface area contributed by atoms with Gasteiger partial charge in [-0.1, -0.05) is 26.0 Å². The fourth-order valence-electron chi connectivity index (χ4n) is 2.56. The largest absolute Gasteiger partial charge is 0.493 e. The van der Waals surface area contributed by atoms with E-state index in [4.69, 9.17) is 14.6 Å². The number of hydrogen-bond acceptors (Lipinski definition) is 5. The summed E-state index contributed by atoms with van der Waals surface area (Å²) in [5.41, 5.74) is 2.17. The van der Waals surface area contributed by atoms with Crippen LogP contribution in [0.4, 0.5) is 0 Å².